The summed E-state index contributed by atoms with van der Waals surface area (Å²) >= 11 is 0. The highest BCUT2D eigenvalue weighted by atomic mass is 16.3. The average molecular weight is 291 g/mol. The molecule has 6 nitrogen and oxygen atoms in total. The number of piperazine rings is 1. The van der Waals surface area contributed by atoms with Gasteiger partial charge in [-0.3, -0.25) is 4.90 Å². The highest BCUT2D eigenvalue weighted by molar-refractivity contribution is 5.30. The predicted octanol–water partition coefficient (Wildman–Crippen LogP) is 0.185. The lowest BCUT2D eigenvalue weighted by Gasteiger charge is -2.32. The predicted molar refractivity (Wildman–Crippen MR) is 82.3 cm³/mol. The average Bonchev–Trinajstić information content (AvgIpc) is 3.33. The molecule has 1 aromatic heterocycles. The van der Waals surface area contributed by atoms with Gasteiger partial charge in [0.1, 0.15) is 0 Å². The van der Waals surface area contributed by atoms with Gasteiger partial charge in [-0.25, -0.2) is 9.97 Å². The van der Waals surface area contributed by atoms with Crippen LogP contribution in [0.15, 0.2) is 12.4 Å². The molecule has 116 valence electrons. The van der Waals surface area contributed by atoms with Gasteiger partial charge in [-0.15, -0.1) is 0 Å². The highest BCUT2D eigenvalue weighted by Gasteiger charge is 2.28. The number of hydrogen-bond acceptors (Lipinski definition) is 6. The monoisotopic (exact) mass is 291 g/mol. The maximum absolute atomic E-state index is 9.14. The molecule has 0 bridgehead atoms. The Morgan fingerprint density at radius 2 is 1.86 bits per heavy atom. The van der Waals surface area contributed by atoms with Crippen LogP contribution < -0.4 is 4.90 Å². The molecule has 1 saturated carbocycles. The molecular formula is C15H25N5O. The van der Waals surface area contributed by atoms with E-state index in [1.54, 1.807) is 0 Å². The normalized spacial score (nSPS) is 20.2. The number of nitrogens with zero attached hydrogens (tertiary/aromatic N) is 5. The summed E-state index contributed by atoms with van der Waals surface area (Å²) in [4.78, 5) is 16.0. The fourth-order valence-electron chi connectivity index (χ4n) is 2.79. The quantitative estimate of drug-likeness (QED) is 0.807. The Kier molecular flexibility index (Phi) is 4.67. The Morgan fingerprint density at radius 1 is 1.19 bits per heavy atom. The maximum Gasteiger partial charge on any atom is 0.225 e. The Balaban J connectivity index is 1.58. The van der Waals surface area contributed by atoms with Crippen LogP contribution >= 0.6 is 0 Å². The summed E-state index contributed by atoms with van der Waals surface area (Å²) in [6.45, 7) is 5.92. The minimum atomic E-state index is 0.219. The summed E-state index contributed by atoms with van der Waals surface area (Å²) in [6.07, 6.45) is 6.38. The van der Waals surface area contributed by atoms with Crippen molar-refractivity contribution in [1.82, 2.24) is 19.8 Å². The first-order valence-electron chi connectivity index (χ1n) is 7.85. The summed E-state index contributed by atoms with van der Waals surface area (Å²) in [6, 6.07) is 0.648. The van der Waals surface area contributed by atoms with E-state index in [4.69, 9.17) is 5.11 Å². The number of likely N-dealkylation sites (N-methyl/N-ethyl adjacent to an activating group) is 1. The number of rotatable bonds is 6. The molecule has 0 aromatic carbocycles. The lowest BCUT2D eigenvalue weighted by atomic mass is 10.3. The van der Waals surface area contributed by atoms with E-state index < -0.39 is 0 Å². The largest absolute Gasteiger partial charge is 0.395 e. The van der Waals surface area contributed by atoms with E-state index in [1.807, 2.05) is 12.4 Å². The zero-order valence-corrected chi connectivity index (χ0v) is 12.8. The van der Waals surface area contributed by atoms with Crippen LogP contribution in [-0.2, 0) is 6.54 Å². The maximum atomic E-state index is 9.14. The van der Waals surface area contributed by atoms with Gasteiger partial charge in [0.15, 0.2) is 0 Å². The number of anilines is 1. The summed E-state index contributed by atoms with van der Waals surface area (Å²) < 4.78 is 0. The van der Waals surface area contributed by atoms with Gasteiger partial charge in [-0.2, -0.15) is 0 Å². The van der Waals surface area contributed by atoms with Gasteiger partial charge in [0.05, 0.1) is 6.61 Å². The lowest BCUT2D eigenvalue weighted by Crippen LogP contribution is -2.45. The molecule has 0 radical (unpaired) electrons. The molecule has 1 aliphatic carbocycles. The fraction of sp³-hybridized carbons (Fsp3) is 0.733. The van der Waals surface area contributed by atoms with Crippen molar-refractivity contribution in [1.29, 1.82) is 0 Å². The van der Waals surface area contributed by atoms with Crippen molar-refractivity contribution in [2.45, 2.75) is 25.4 Å². The minimum Gasteiger partial charge on any atom is -0.395 e. The van der Waals surface area contributed by atoms with Gasteiger partial charge < -0.3 is 14.9 Å². The summed E-state index contributed by atoms with van der Waals surface area (Å²) in [7, 11) is 2.15. The fourth-order valence-corrected chi connectivity index (χ4v) is 2.79. The van der Waals surface area contributed by atoms with Crippen molar-refractivity contribution in [3.05, 3.63) is 18.0 Å². The molecule has 2 fully saturated rings. The first-order chi connectivity index (χ1) is 10.3. The minimum absolute atomic E-state index is 0.219. The number of aliphatic hydroxyl groups is 1. The zero-order valence-electron chi connectivity index (χ0n) is 12.8. The van der Waals surface area contributed by atoms with E-state index in [1.165, 1.54) is 12.8 Å². The molecule has 3 rings (SSSR count). The van der Waals surface area contributed by atoms with Gasteiger partial charge >= 0.3 is 0 Å². The molecule has 21 heavy (non-hydrogen) atoms. The van der Waals surface area contributed by atoms with Crippen molar-refractivity contribution in [2.24, 2.45) is 0 Å². The topological polar surface area (TPSA) is 55.7 Å². The lowest BCUT2D eigenvalue weighted by molar-refractivity contribution is 0.183. The van der Waals surface area contributed by atoms with Gasteiger partial charge in [0.25, 0.3) is 0 Å². The molecule has 0 atom stereocenters. The van der Waals surface area contributed by atoms with Crippen LogP contribution in [0.25, 0.3) is 0 Å². The molecule has 1 N–H and O–H groups in total. The Morgan fingerprint density at radius 3 is 2.43 bits per heavy atom. The summed E-state index contributed by atoms with van der Waals surface area (Å²) in [5, 5.41) is 9.14. The SMILES string of the molecule is CN1CCN(c2ncc(CN(CCO)C3CC3)cn2)CC1. The highest BCUT2D eigenvalue weighted by Crippen LogP contribution is 2.27. The van der Waals surface area contributed by atoms with Crippen LogP contribution in [0.4, 0.5) is 5.95 Å². The number of aliphatic hydroxyl groups excluding tert-OH is 1. The molecule has 6 heteroatoms. The molecule has 1 saturated heterocycles. The van der Waals surface area contributed by atoms with Crippen molar-refractivity contribution >= 4 is 5.95 Å². The summed E-state index contributed by atoms with van der Waals surface area (Å²) in [5.74, 6) is 0.840. The van der Waals surface area contributed by atoms with E-state index in [9.17, 15) is 0 Å². The van der Waals surface area contributed by atoms with Crippen molar-refractivity contribution in [2.75, 3.05) is 51.3 Å². The third-order valence-corrected chi connectivity index (χ3v) is 4.31. The van der Waals surface area contributed by atoms with E-state index in [0.717, 1.165) is 50.8 Å². The molecule has 2 aliphatic rings. The van der Waals surface area contributed by atoms with E-state index in [-0.39, 0.29) is 6.61 Å². The van der Waals surface area contributed by atoms with Gasteiger partial charge in [0.2, 0.25) is 5.95 Å². The summed E-state index contributed by atoms with van der Waals surface area (Å²) in [5.41, 5.74) is 1.13. The second kappa shape index (κ2) is 6.68. The Bertz CT molecular complexity index is 440. The molecule has 0 amide bonds. The van der Waals surface area contributed by atoms with E-state index in [0.29, 0.717) is 6.04 Å². The molecule has 0 spiro atoms. The van der Waals surface area contributed by atoms with Crippen LogP contribution in [0.5, 0.6) is 0 Å². The zero-order chi connectivity index (χ0) is 14.7. The molecular weight excluding hydrogens is 266 g/mol. The van der Waals surface area contributed by atoms with Crippen LogP contribution in [0, 0.1) is 0 Å². The second-order valence-corrected chi connectivity index (χ2v) is 6.11. The van der Waals surface area contributed by atoms with E-state index in [2.05, 4.69) is 31.7 Å². The molecule has 1 aliphatic heterocycles. The number of aromatic nitrogens is 2. The van der Waals surface area contributed by atoms with Crippen LogP contribution in [-0.4, -0.2) is 77.3 Å². The van der Waals surface area contributed by atoms with Crippen molar-refractivity contribution in [3.63, 3.8) is 0 Å². The van der Waals surface area contributed by atoms with Crippen molar-refractivity contribution < 1.29 is 5.11 Å². The van der Waals surface area contributed by atoms with Crippen LogP contribution in [0.2, 0.25) is 0 Å². The van der Waals surface area contributed by atoms with Gasteiger partial charge in [-0.1, -0.05) is 0 Å². The first kappa shape index (κ1) is 14.7. The third-order valence-electron chi connectivity index (χ3n) is 4.31. The molecule has 2 heterocycles. The number of hydrogen-bond donors (Lipinski definition) is 1. The standard InChI is InChI=1S/C15H25N5O/c1-18-4-6-19(7-5-18)15-16-10-13(11-17-15)12-20(8-9-21)14-2-3-14/h10-11,14,21H,2-9,12H2,1H3. The van der Waals surface area contributed by atoms with Gasteiger partial charge in [0, 0.05) is 63.3 Å². The van der Waals surface area contributed by atoms with Crippen LogP contribution in [0.1, 0.15) is 18.4 Å². The smallest absolute Gasteiger partial charge is 0.225 e. The van der Waals surface area contributed by atoms with Crippen LogP contribution in [0.3, 0.4) is 0 Å². The van der Waals surface area contributed by atoms with E-state index >= 15 is 0 Å². The molecule has 0 unspecified atom stereocenters. The molecule has 1 aromatic rings. The second-order valence-electron chi connectivity index (χ2n) is 6.11. The Labute approximate surface area is 126 Å². The Hall–Kier alpha value is -1.24. The third kappa shape index (κ3) is 3.90. The van der Waals surface area contributed by atoms with Crippen molar-refractivity contribution in [3.8, 4) is 0 Å². The van der Waals surface area contributed by atoms with Gasteiger partial charge in [-0.05, 0) is 19.9 Å². The first-order valence-corrected chi connectivity index (χ1v) is 7.85.